The van der Waals surface area contributed by atoms with Gasteiger partial charge in [0.05, 0.1) is 5.56 Å². The molecule has 0 bridgehead atoms. The Morgan fingerprint density at radius 1 is 1.05 bits per heavy atom. The molecule has 0 saturated heterocycles. The van der Waals surface area contributed by atoms with Crippen molar-refractivity contribution in [2.45, 2.75) is 26.7 Å². The molecule has 2 aromatic carbocycles. The summed E-state index contributed by atoms with van der Waals surface area (Å²) in [6.45, 7) is 4.06. The van der Waals surface area contributed by atoms with Crippen molar-refractivity contribution in [1.29, 1.82) is 0 Å². The Bertz CT molecular complexity index is 556. The van der Waals surface area contributed by atoms with Crippen LogP contribution in [0.4, 0.5) is 0 Å². The summed E-state index contributed by atoms with van der Waals surface area (Å²) in [6, 6.07) is 15.1. The van der Waals surface area contributed by atoms with E-state index in [4.69, 9.17) is 4.74 Å². The monoisotopic (exact) mass is 254 g/mol. The van der Waals surface area contributed by atoms with Gasteiger partial charge in [-0.3, -0.25) is 0 Å². The third kappa shape index (κ3) is 3.44. The molecule has 0 fully saturated rings. The summed E-state index contributed by atoms with van der Waals surface area (Å²) in [5, 5.41) is 0. The first-order chi connectivity index (χ1) is 9.20. The number of hydrogen-bond acceptors (Lipinski definition) is 2. The highest BCUT2D eigenvalue weighted by molar-refractivity contribution is 5.91. The van der Waals surface area contributed by atoms with Gasteiger partial charge in [-0.1, -0.05) is 43.7 Å². The maximum absolute atomic E-state index is 12.0. The molecule has 98 valence electrons. The Balaban J connectivity index is 2.10. The molecule has 0 aliphatic carbocycles. The van der Waals surface area contributed by atoms with Crippen LogP contribution in [0.25, 0.3) is 0 Å². The molecule has 0 atom stereocenters. The predicted octanol–water partition coefficient (Wildman–Crippen LogP) is 4.17. The average molecular weight is 254 g/mol. The van der Waals surface area contributed by atoms with Crippen LogP contribution < -0.4 is 4.74 Å². The fourth-order valence-electron chi connectivity index (χ4n) is 1.93. The minimum absolute atomic E-state index is 0.308. The smallest absolute Gasteiger partial charge is 0.343 e. The van der Waals surface area contributed by atoms with Crippen LogP contribution in [-0.2, 0) is 6.42 Å². The van der Waals surface area contributed by atoms with Crippen molar-refractivity contribution in [1.82, 2.24) is 0 Å². The Hall–Kier alpha value is -2.09. The van der Waals surface area contributed by atoms with E-state index >= 15 is 0 Å². The highest BCUT2D eigenvalue weighted by atomic mass is 16.5. The SMILES string of the molecule is CCCc1ccc(C(=O)Oc2ccccc2C)cc1. The molecule has 2 rings (SSSR count). The van der Waals surface area contributed by atoms with E-state index in [1.807, 2.05) is 49.4 Å². The summed E-state index contributed by atoms with van der Waals surface area (Å²) >= 11 is 0. The van der Waals surface area contributed by atoms with Gasteiger partial charge in [0.2, 0.25) is 0 Å². The first kappa shape index (κ1) is 13.3. The third-order valence-electron chi connectivity index (χ3n) is 3.02. The molecule has 19 heavy (non-hydrogen) atoms. The van der Waals surface area contributed by atoms with E-state index in [9.17, 15) is 4.79 Å². The van der Waals surface area contributed by atoms with Crippen molar-refractivity contribution in [3.8, 4) is 5.75 Å². The van der Waals surface area contributed by atoms with Gasteiger partial charge in [0.1, 0.15) is 5.75 Å². The summed E-state index contributed by atoms with van der Waals surface area (Å²) in [7, 11) is 0. The third-order valence-corrected chi connectivity index (χ3v) is 3.02. The van der Waals surface area contributed by atoms with Crippen molar-refractivity contribution < 1.29 is 9.53 Å². The molecule has 2 aromatic rings. The van der Waals surface area contributed by atoms with Gasteiger partial charge in [0.25, 0.3) is 0 Å². The molecule has 0 spiro atoms. The lowest BCUT2D eigenvalue weighted by atomic mass is 10.1. The molecular formula is C17H18O2. The zero-order valence-corrected chi connectivity index (χ0v) is 11.3. The molecular weight excluding hydrogens is 236 g/mol. The summed E-state index contributed by atoms with van der Waals surface area (Å²) in [5.74, 6) is 0.308. The van der Waals surface area contributed by atoms with E-state index in [0.717, 1.165) is 18.4 Å². The largest absolute Gasteiger partial charge is 0.423 e. The van der Waals surface area contributed by atoms with Crippen molar-refractivity contribution >= 4 is 5.97 Å². The number of rotatable bonds is 4. The van der Waals surface area contributed by atoms with Gasteiger partial charge in [-0.05, 0) is 42.7 Å². The predicted molar refractivity (Wildman–Crippen MR) is 76.6 cm³/mol. The van der Waals surface area contributed by atoms with E-state index in [1.165, 1.54) is 5.56 Å². The topological polar surface area (TPSA) is 26.3 Å². The second-order valence-corrected chi connectivity index (χ2v) is 4.60. The molecule has 0 N–H and O–H groups in total. The molecule has 0 heterocycles. The highest BCUT2D eigenvalue weighted by Crippen LogP contribution is 2.18. The van der Waals surface area contributed by atoms with Gasteiger partial charge in [0, 0.05) is 0 Å². The quantitative estimate of drug-likeness (QED) is 0.604. The van der Waals surface area contributed by atoms with Crippen LogP contribution in [0.1, 0.15) is 34.8 Å². The van der Waals surface area contributed by atoms with Crippen molar-refractivity contribution in [2.24, 2.45) is 0 Å². The first-order valence-corrected chi connectivity index (χ1v) is 6.57. The normalized spacial score (nSPS) is 10.2. The average Bonchev–Trinajstić information content (AvgIpc) is 2.42. The van der Waals surface area contributed by atoms with Crippen molar-refractivity contribution in [3.05, 3.63) is 65.2 Å². The van der Waals surface area contributed by atoms with Gasteiger partial charge in [-0.15, -0.1) is 0 Å². The molecule has 2 nitrogen and oxygen atoms in total. The van der Waals surface area contributed by atoms with Gasteiger partial charge >= 0.3 is 5.97 Å². The Morgan fingerprint density at radius 3 is 2.37 bits per heavy atom. The number of carbonyl (C=O) groups excluding carboxylic acids is 1. The maximum atomic E-state index is 12.0. The maximum Gasteiger partial charge on any atom is 0.343 e. The second kappa shape index (κ2) is 6.19. The standard InChI is InChI=1S/C17H18O2/c1-3-6-14-9-11-15(12-10-14)17(18)19-16-8-5-4-7-13(16)2/h4-5,7-12H,3,6H2,1-2H3. The lowest BCUT2D eigenvalue weighted by Crippen LogP contribution is -2.09. The van der Waals surface area contributed by atoms with Crippen LogP contribution in [0.2, 0.25) is 0 Å². The lowest BCUT2D eigenvalue weighted by Gasteiger charge is -2.07. The lowest BCUT2D eigenvalue weighted by molar-refractivity contribution is 0.0733. The van der Waals surface area contributed by atoms with Crippen LogP contribution in [0.15, 0.2) is 48.5 Å². The first-order valence-electron chi connectivity index (χ1n) is 6.57. The minimum Gasteiger partial charge on any atom is -0.423 e. The summed E-state index contributed by atoms with van der Waals surface area (Å²) < 4.78 is 5.39. The Morgan fingerprint density at radius 2 is 1.74 bits per heavy atom. The number of benzene rings is 2. The number of aryl methyl sites for hydroxylation is 2. The number of carbonyl (C=O) groups is 1. The van der Waals surface area contributed by atoms with Gasteiger partial charge in [-0.2, -0.15) is 0 Å². The Kier molecular flexibility index (Phi) is 4.35. The second-order valence-electron chi connectivity index (χ2n) is 4.60. The molecule has 0 amide bonds. The molecule has 0 saturated carbocycles. The molecule has 0 aliphatic rings. The fraction of sp³-hybridized carbons (Fsp3) is 0.235. The molecule has 2 heteroatoms. The van der Waals surface area contributed by atoms with E-state index < -0.39 is 0 Å². The summed E-state index contributed by atoms with van der Waals surface area (Å²) in [4.78, 5) is 12.0. The van der Waals surface area contributed by atoms with Crippen molar-refractivity contribution in [3.63, 3.8) is 0 Å². The zero-order chi connectivity index (χ0) is 13.7. The Labute approximate surface area is 114 Å². The van der Waals surface area contributed by atoms with Gasteiger partial charge < -0.3 is 4.74 Å². The summed E-state index contributed by atoms with van der Waals surface area (Å²) in [6.07, 6.45) is 2.14. The van der Waals surface area contributed by atoms with Gasteiger partial charge in [-0.25, -0.2) is 4.79 Å². The van der Waals surface area contributed by atoms with Crippen LogP contribution >= 0.6 is 0 Å². The number of esters is 1. The number of para-hydroxylation sites is 1. The molecule has 0 radical (unpaired) electrons. The zero-order valence-electron chi connectivity index (χ0n) is 11.3. The highest BCUT2D eigenvalue weighted by Gasteiger charge is 2.09. The van der Waals surface area contributed by atoms with Crippen LogP contribution in [0.3, 0.4) is 0 Å². The number of hydrogen-bond donors (Lipinski definition) is 0. The van der Waals surface area contributed by atoms with E-state index in [2.05, 4.69) is 6.92 Å². The molecule has 0 aliphatic heterocycles. The number of ether oxygens (including phenoxy) is 1. The van der Waals surface area contributed by atoms with E-state index in [-0.39, 0.29) is 5.97 Å². The minimum atomic E-state index is -0.308. The van der Waals surface area contributed by atoms with E-state index in [0.29, 0.717) is 11.3 Å². The fourth-order valence-corrected chi connectivity index (χ4v) is 1.93. The molecule has 0 unspecified atom stereocenters. The van der Waals surface area contributed by atoms with Gasteiger partial charge in [0.15, 0.2) is 0 Å². The van der Waals surface area contributed by atoms with Crippen LogP contribution in [0, 0.1) is 6.92 Å². The van der Waals surface area contributed by atoms with Crippen LogP contribution in [-0.4, -0.2) is 5.97 Å². The van der Waals surface area contributed by atoms with Crippen LogP contribution in [0.5, 0.6) is 5.75 Å². The van der Waals surface area contributed by atoms with E-state index in [1.54, 1.807) is 6.07 Å². The van der Waals surface area contributed by atoms with Crippen molar-refractivity contribution in [2.75, 3.05) is 0 Å². The molecule has 0 aromatic heterocycles. The summed E-state index contributed by atoms with van der Waals surface area (Å²) in [5.41, 5.74) is 2.79.